The number of phosphoric acid groups is 1. The first-order valence-electron chi connectivity index (χ1n) is 22.8. The van der Waals surface area contributed by atoms with Gasteiger partial charge < -0.3 is 18.9 Å². The molecule has 0 aromatic rings. The number of unbranched alkanes of at least 4 members (excludes halogenated alkanes) is 28. The van der Waals surface area contributed by atoms with Crippen LogP contribution in [0.15, 0.2) is 0 Å². The van der Waals surface area contributed by atoms with Crippen LogP contribution in [0.5, 0.6) is 0 Å². The van der Waals surface area contributed by atoms with Gasteiger partial charge in [-0.1, -0.05) is 194 Å². The highest BCUT2D eigenvalue weighted by Crippen LogP contribution is 2.43. The Bertz CT molecular complexity index is 896. The summed E-state index contributed by atoms with van der Waals surface area (Å²) in [7, 11) is 1.49. The van der Waals surface area contributed by atoms with Crippen molar-refractivity contribution in [2.24, 2.45) is 0 Å². The highest BCUT2D eigenvalue weighted by molar-refractivity contribution is 7.47. The van der Waals surface area contributed by atoms with E-state index in [4.69, 9.17) is 18.5 Å². The third kappa shape index (κ3) is 40.7. The highest BCUT2D eigenvalue weighted by Gasteiger charge is 2.27. The van der Waals surface area contributed by atoms with Gasteiger partial charge in [-0.15, -0.1) is 0 Å². The van der Waals surface area contributed by atoms with E-state index in [1.165, 1.54) is 154 Å². The summed E-state index contributed by atoms with van der Waals surface area (Å²) in [6, 6.07) is 0. The molecule has 54 heavy (non-hydrogen) atoms. The van der Waals surface area contributed by atoms with Gasteiger partial charge in [-0.3, -0.25) is 18.6 Å². The predicted octanol–water partition coefficient (Wildman–Crippen LogP) is 12.8. The lowest BCUT2D eigenvalue weighted by Crippen LogP contribution is -2.37. The summed E-state index contributed by atoms with van der Waals surface area (Å²) >= 11 is 0. The molecule has 0 saturated heterocycles. The van der Waals surface area contributed by atoms with Gasteiger partial charge in [0, 0.05) is 12.8 Å². The molecule has 0 saturated carbocycles. The van der Waals surface area contributed by atoms with Crippen LogP contribution >= 0.6 is 7.82 Å². The lowest BCUT2D eigenvalue weighted by atomic mass is 10.0. The van der Waals surface area contributed by atoms with Gasteiger partial charge in [0.25, 0.3) is 0 Å². The van der Waals surface area contributed by atoms with Crippen molar-refractivity contribution in [3.05, 3.63) is 0 Å². The Morgan fingerprint density at radius 3 is 1.19 bits per heavy atom. The molecule has 1 N–H and O–H groups in total. The average molecular weight is 791 g/mol. The van der Waals surface area contributed by atoms with Crippen molar-refractivity contribution in [1.82, 2.24) is 0 Å². The maximum atomic E-state index is 12.7. The number of ether oxygens (including phenoxy) is 2. The summed E-state index contributed by atoms with van der Waals surface area (Å²) in [5, 5.41) is 0. The van der Waals surface area contributed by atoms with Gasteiger partial charge in [0.15, 0.2) is 6.10 Å². The zero-order chi connectivity index (χ0) is 40.0. The Morgan fingerprint density at radius 1 is 0.500 bits per heavy atom. The van der Waals surface area contributed by atoms with Crippen LogP contribution in [0, 0.1) is 0 Å². The molecule has 0 fully saturated rings. The van der Waals surface area contributed by atoms with Crippen molar-refractivity contribution in [1.29, 1.82) is 0 Å². The molecule has 0 aromatic heterocycles. The molecule has 0 aliphatic carbocycles. The van der Waals surface area contributed by atoms with E-state index in [0.29, 0.717) is 17.4 Å². The molecule has 0 rings (SSSR count). The van der Waals surface area contributed by atoms with E-state index in [0.717, 1.165) is 38.5 Å². The van der Waals surface area contributed by atoms with Crippen LogP contribution in [0.4, 0.5) is 0 Å². The molecule has 0 aliphatic heterocycles. The standard InChI is InChI=1S/C44H88NO8P/c1-6-8-10-12-14-16-18-20-22-24-26-28-30-32-34-36-43(46)50-40-42(41-52-54(48,49)51-39-38-45(3,4)5)53-44(47)37-35-33-31-29-27-25-23-21-19-17-15-13-11-9-7-2/h42H,6-41H2,1-5H3/p+1. The summed E-state index contributed by atoms with van der Waals surface area (Å²) in [6.07, 6.45) is 37.1. The Kier molecular flexibility index (Phi) is 36.9. The minimum atomic E-state index is -4.37. The quantitative estimate of drug-likeness (QED) is 0.0282. The molecular weight excluding hydrogens is 701 g/mol. The summed E-state index contributed by atoms with van der Waals surface area (Å²) in [4.78, 5) is 35.4. The van der Waals surface area contributed by atoms with E-state index in [1.807, 2.05) is 21.1 Å². The zero-order valence-corrected chi connectivity index (χ0v) is 37.1. The molecular formula is C44H89NO8P+. The van der Waals surface area contributed by atoms with Crippen LogP contribution < -0.4 is 0 Å². The first-order chi connectivity index (χ1) is 26.0. The number of phosphoric ester groups is 1. The van der Waals surface area contributed by atoms with E-state index < -0.39 is 26.5 Å². The van der Waals surface area contributed by atoms with E-state index in [-0.39, 0.29) is 25.6 Å². The average Bonchev–Trinajstić information content (AvgIpc) is 3.12. The van der Waals surface area contributed by atoms with Crippen molar-refractivity contribution in [2.75, 3.05) is 47.5 Å². The fourth-order valence-corrected chi connectivity index (χ4v) is 7.29. The third-order valence-electron chi connectivity index (χ3n) is 10.1. The van der Waals surface area contributed by atoms with Crippen molar-refractivity contribution < 1.29 is 42.1 Å². The van der Waals surface area contributed by atoms with Gasteiger partial charge in [-0.05, 0) is 12.8 Å². The molecule has 322 valence electrons. The van der Waals surface area contributed by atoms with Crippen LogP contribution in [-0.2, 0) is 32.7 Å². The Morgan fingerprint density at radius 2 is 0.833 bits per heavy atom. The number of carbonyl (C=O) groups is 2. The van der Waals surface area contributed by atoms with Gasteiger partial charge in [0.2, 0.25) is 0 Å². The first kappa shape index (κ1) is 53.0. The predicted molar refractivity (Wildman–Crippen MR) is 225 cm³/mol. The van der Waals surface area contributed by atoms with Crippen molar-refractivity contribution in [3.63, 3.8) is 0 Å². The molecule has 0 radical (unpaired) electrons. The highest BCUT2D eigenvalue weighted by atomic mass is 31.2. The summed E-state index contributed by atoms with van der Waals surface area (Å²) in [6.45, 7) is 4.46. The van der Waals surface area contributed by atoms with Crippen LogP contribution in [0.3, 0.4) is 0 Å². The van der Waals surface area contributed by atoms with Crippen molar-refractivity contribution in [2.45, 2.75) is 225 Å². The number of esters is 2. The van der Waals surface area contributed by atoms with Gasteiger partial charge in [0.05, 0.1) is 27.7 Å². The monoisotopic (exact) mass is 791 g/mol. The first-order valence-corrected chi connectivity index (χ1v) is 24.3. The molecule has 2 atom stereocenters. The van der Waals surface area contributed by atoms with Crippen LogP contribution in [0.2, 0.25) is 0 Å². The second kappa shape index (κ2) is 37.6. The summed E-state index contributed by atoms with van der Waals surface area (Å²) in [5.74, 6) is -0.782. The SMILES string of the molecule is CCCCCCCCCCCCCCCCCC(=O)OCC(COP(=O)(O)OCC[N+](C)(C)C)OC(=O)CCCCCCCCCCCCCCCCC. The van der Waals surface area contributed by atoms with Crippen LogP contribution in [0.25, 0.3) is 0 Å². The molecule has 0 bridgehead atoms. The molecule has 0 aromatic carbocycles. The van der Waals surface area contributed by atoms with Gasteiger partial charge >= 0.3 is 19.8 Å². The second-order valence-electron chi connectivity index (χ2n) is 16.8. The maximum Gasteiger partial charge on any atom is 0.472 e. The lowest BCUT2D eigenvalue weighted by Gasteiger charge is -2.24. The van der Waals surface area contributed by atoms with Crippen LogP contribution in [-0.4, -0.2) is 74.9 Å². The van der Waals surface area contributed by atoms with Crippen LogP contribution in [0.1, 0.15) is 219 Å². The van der Waals surface area contributed by atoms with Gasteiger partial charge in [-0.25, -0.2) is 4.57 Å². The Labute approximate surface area is 334 Å². The van der Waals surface area contributed by atoms with E-state index >= 15 is 0 Å². The molecule has 0 spiro atoms. The number of hydrogen-bond donors (Lipinski definition) is 1. The smallest absolute Gasteiger partial charge is 0.462 e. The normalized spacial score (nSPS) is 13.5. The second-order valence-corrected chi connectivity index (χ2v) is 18.3. The minimum absolute atomic E-state index is 0.0369. The maximum absolute atomic E-state index is 12.7. The third-order valence-corrected chi connectivity index (χ3v) is 11.1. The number of rotatable bonds is 42. The molecule has 9 nitrogen and oxygen atoms in total. The fraction of sp³-hybridized carbons (Fsp3) is 0.955. The number of quaternary nitrogens is 1. The fourth-order valence-electron chi connectivity index (χ4n) is 6.54. The number of carbonyl (C=O) groups excluding carboxylic acids is 2. The number of hydrogen-bond acceptors (Lipinski definition) is 7. The number of nitrogens with zero attached hydrogens (tertiary/aromatic N) is 1. The summed E-state index contributed by atoms with van der Waals surface area (Å²) in [5.41, 5.74) is 0. The van der Waals surface area contributed by atoms with E-state index in [1.54, 1.807) is 0 Å². The molecule has 0 heterocycles. The zero-order valence-electron chi connectivity index (χ0n) is 36.2. The lowest BCUT2D eigenvalue weighted by molar-refractivity contribution is -0.870. The molecule has 10 heteroatoms. The Hall–Kier alpha value is -0.990. The topological polar surface area (TPSA) is 108 Å². The molecule has 0 aliphatic rings. The van der Waals surface area contributed by atoms with Crippen molar-refractivity contribution >= 4 is 19.8 Å². The summed E-state index contributed by atoms with van der Waals surface area (Å²) < 4.78 is 34.3. The van der Waals surface area contributed by atoms with E-state index in [9.17, 15) is 19.0 Å². The Balaban J connectivity index is 4.30. The van der Waals surface area contributed by atoms with Crippen molar-refractivity contribution in [3.8, 4) is 0 Å². The van der Waals surface area contributed by atoms with Gasteiger partial charge in [0.1, 0.15) is 19.8 Å². The largest absolute Gasteiger partial charge is 0.472 e. The molecule has 2 unspecified atom stereocenters. The molecule has 0 amide bonds. The number of likely N-dealkylation sites (N-methyl/N-ethyl adjacent to an activating group) is 1. The minimum Gasteiger partial charge on any atom is -0.462 e. The van der Waals surface area contributed by atoms with Gasteiger partial charge in [-0.2, -0.15) is 0 Å². The van der Waals surface area contributed by atoms with E-state index in [2.05, 4.69) is 13.8 Å².